The summed E-state index contributed by atoms with van der Waals surface area (Å²) in [5.41, 5.74) is 2.84. The highest BCUT2D eigenvalue weighted by molar-refractivity contribution is 5.49. The molecule has 3 rings (SSSR count). The van der Waals surface area contributed by atoms with Gasteiger partial charge in [-0.3, -0.25) is 0 Å². The Morgan fingerprint density at radius 2 is 1.84 bits per heavy atom. The van der Waals surface area contributed by atoms with E-state index < -0.39 is 0 Å². The summed E-state index contributed by atoms with van der Waals surface area (Å²) in [6, 6.07) is 10.8. The Bertz CT molecular complexity index is 390. The molecule has 0 spiro atoms. The third-order valence-corrected chi connectivity index (χ3v) is 4.18. The molecule has 2 aliphatic carbocycles. The van der Waals surface area contributed by atoms with Crippen molar-refractivity contribution < 1.29 is 0 Å². The predicted molar refractivity (Wildman–Crippen MR) is 81.6 cm³/mol. The Morgan fingerprint density at radius 3 is 2.42 bits per heavy atom. The molecule has 2 aliphatic rings. The second-order valence-corrected chi connectivity index (χ2v) is 6.10. The van der Waals surface area contributed by atoms with E-state index in [2.05, 4.69) is 41.4 Å². The van der Waals surface area contributed by atoms with E-state index in [1.54, 1.807) is 0 Å². The average molecular weight is 258 g/mol. The van der Waals surface area contributed by atoms with Crippen LogP contribution in [0.1, 0.15) is 51.0 Å². The average Bonchev–Trinajstić information content (AvgIpc) is 3.31. The van der Waals surface area contributed by atoms with Crippen LogP contribution in [-0.2, 0) is 6.54 Å². The molecule has 104 valence electrons. The van der Waals surface area contributed by atoms with Crippen molar-refractivity contribution in [2.24, 2.45) is 0 Å². The van der Waals surface area contributed by atoms with E-state index in [4.69, 9.17) is 0 Å². The van der Waals surface area contributed by atoms with Gasteiger partial charge in [-0.05, 0) is 49.8 Å². The molecule has 0 radical (unpaired) electrons. The maximum absolute atomic E-state index is 3.58. The summed E-state index contributed by atoms with van der Waals surface area (Å²) in [5.74, 6) is 0. The summed E-state index contributed by atoms with van der Waals surface area (Å²) >= 11 is 0. The van der Waals surface area contributed by atoms with E-state index in [-0.39, 0.29) is 0 Å². The number of nitrogens with zero attached hydrogens (tertiary/aromatic N) is 1. The Labute approximate surface area is 117 Å². The van der Waals surface area contributed by atoms with E-state index >= 15 is 0 Å². The number of benzene rings is 1. The highest BCUT2D eigenvalue weighted by Gasteiger charge is 2.28. The van der Waals surface area contributed by atoms with Crippen LogP contribution in [0.25, 0.3) is 0 Å². The molecule has 0 unspecified atom stereocenters. The zero-order valence-corrected chi connectivity index (χ0v) is 12.1. The van der Waals surface area contributed by atoms with Crippen molar-refractivity contribution in [2.45, 2.75) is 64.1 Å². The van der Waals surface area contributed by atoms with Gasteiger partial charge in [-0.1, -0.05) is 25.5 Å². The van der Waals surface area contributed by atoms with E-state index in [0.29, 0.717) is 0 Å². The lowest BCUT2D eigenvalue weighted by atomic mass is 10.1. The van der Waals surface area contributed by atoms with Gasteiger partial charge < -0.3 is 10.2 Å². The number of hydrogen-bond donors (Lipinski definition) is 1. The Balaban J connectivity index is 1.58. The van der Waals surface area contributed by atoms with E-state index in [9.17, 15) is 0 Å². The monoisotopic (exact) mass is 258 g/mol. The molecule has 2 saturated carbocycles. The van der Waals surface area contributed by atoms with Crippen molar-refractivity contribution in [1.29, 1.82) is 0 Å². The lowest BCUT2D eigenvalue weighted by Gasteiger charge is -2.24. The van der Waals surface area contributed by atoms with Crippen molar-refractivity contribution in [3.63, 3.8) is 0 Å². The summed E-state index contributed by atoms with van der Waals surface area (Å²) in [7, 11) is 0. The Kier molecular flexibility index (Phi) is 4.07. The lowest BCUT2D eigenvalue weighted by Crippen LogP contribution is -2.26. The van der Waals surface area contributed by atoms with Crippen LogP contribution in [0.2, 0.25) is 0 Å². The third-order valence-electron chi connectivity index (χ3n) is 4.18. The number of unbranched alkanes of at least 4 members (excludes halogenated alkanes) is 1. The first-order valence-electron chi connectivity index (χ1n) is 7.96. The zero-order chi connectivity index (χ0) is 13.1. The fourth-order valence-corrected chi connectivity index (χ4v) is 2.59. The largest absolute Gasteiger partial charge is 0.369 e. The van der Waals surface area contributed by atoms with Gasteiger partial charge in [0.05, 0.1) is 0 Å². The van der Waals surface area contributed by atoms with Gasteiger partial charge in [-0.15, -0.1) is 0 Å². The van der Waals surface area contributed by atoms with Gasteiger partial charge in [0.1, 0.15) is 0 Å². The van der Waals surface area contributed by atoms with Crippen molar-refractivity contribution in [3.8, 4) is 0 Å². The topological polar surface area (TPSA) is 15.3 Å². The van der Waals surface area contributed by atoms with Gasteiger partial charge in [0.2, 0.25) is 0 Å². The van der Waals surface area contributed by atoms with Crippen molar-refractivity contribution >= 4 is 5.69 Å². The minimum Gasteiger partial charge on any atom is -0.369 e. The first-order chi connectivity index (χ1) is 9.36. The highest BCUT2D eigenvalue weighted by Crippen LogP contribution is 2.32. The summed E-state index contributed by atoms with van der Waals surface area (Å²) in [6.07, 6.45) is 8.09. The Hall–Kier alpha value is -1.02. The van der Waals surface area contributed by atoms with Crippen LogP contribution in [0.15, 0.2) is 24.3 Å². The maximum Gasteiger partial charge on any atom is 0.0368 e. The number of hydrogen-bond acceptors (Lipinski definition) is 2. The summed E-state index contributed by atoms with van der Waals surface area (Å²) in [6.45, 7) is 4.53. The normalized spacial score (nSPS) is 18.6. The van der Waals surface area contributed by atoms with E-state index in [1.165, 1.54) is 56.3 Å². The quantitative estimate of drug-likeness (QED) is 0.764. The predicted octanol–water partition coefficient (Wildman–Crippen LogP) is 3.71. The number of anilines is 1. The molecule has 0 saturated heterocycles. The molecule has 0 bridgehead atoms. The van der Waals surface area contributed by atoms with Crippen LogP contribution in [0.5, 0.6) is 0 Å². The first kappa shape index (κ1) is 13.0. The minimum atomic E-state index is 0.798. The number of nitrogens with one attached hydrogen (secondary N) is 1. The molecular formula is C17H26N2. The van der Waals surface area contributed by atoms with Crippen LogP contribution in [0.3, 0.4) is 0 Å². The van der Waals surface area contributed by atoms with Crippen molar-refractivity contribution in [2.75, 3.05) is 11.4 Å². The third kappa shape index (κ3) is 3.73. The fourth-order valence-electron chi connectivity index (χ4n) is 2.59. The molecule has 0 atom stereocenters. The van der Waals surface area contributed by atoms with Gasteiger partial charge in [0.25, 0.3) is 0 Å². The van der Waals surface area contributed by atoms with Crippen LogP contribution in [0.4, 0.5) is 5.69 Å². The summed E-state index contributed by atoms with van der Waals surface area (Å²) < 4.78 is 0. The van der Waals surface area contributed by atoms with Gasteiger partial charge >= 0.3 is 0 Å². The molecule has 1 N–H and O–H groups in total. The lowest BCUT2D eigenvalue weighted by molar-refractivity contribution is 0.686. The van der Waals surface area contributed by atoms with E-state index in [1.807, 2.05) is 0 Å². The summed E-state index contributed by atoms with van der Waals surface area (Å²) in [4.78, 5) is 2.61. The molecule has 1 aromatic rings. The van der Waals surface area contributed by atoms with Gasteiger partial charge in [0.15, 0.2) is 0 Å². The second-order valence-electron chi connectivity index (χ2n) is 6.10. The molecule has 2 fully saturated rings. The van der Waals surface area contributed by atoms with Gasteiger partial charge in [-0.2, -0.15) is 0 Å². The fraction of sp³-hybridized carbons (Fsp3) is 0.647. The Morgan fingerprint density at radius 1 is 1.11 bits per heavy atom. The molecule has 0 amide bonds. The minimum absolute atomic E-state index is 0.798. The molecule has 2 nitrogen and oxygen atoms in total. The number of rotatable bonds is 8. The van der Waals surface area contributed by atoms with Crippen LogP contribution in [-0.4, -0.2) is 18.6 Å². The second kappa shape index (κ2) is 5.96. The van der Waals surface area contributed by atoms with Crippen molar-refractivity contribution in [1.82, 2.24) is 5.32 Å². The van der Waals surface area contributed by atoms with Crippen LogP contribution >= 0.6 is 0 Å². The smallest absolute Gasteiger partial charge is 0.0368 e. The van der Waals surface area contributed by atoms with Crippen molar-refractivity contribution in [3.05, 3.63) is 29.8 Å². The van der Waals surface area contributed by atoms with Crippen LogP contribution < -0.4 is 10.2 Å². The molecular weight excluding hydrogens is 232 g/mol. The van der Waals surface area contributed by atoms with Crippen LogP contribution in [0, 0.1) is 0 Å². The maximum atomic E-state index is 3.58. The van der Waals surface area contributed by atoms with E-state index in [0.717, 1.165) is 18.6 Å². The highest BCUT2D eigenvalue weighted by atomic mass is 15.2. The standard InChI is InChI=1S/C17H26N2/c1-2-3-12-19(17-10-11-17)16-8-4-14(5-9-16)13-18-15-6-7-15/h4-5,8-9,15,17-18H,2-3,6-7,10-13H2,1H3. The zero-order valence-electron chi connectivity index (χ0n) is 12.1. The molecule has 0 heterocycles. The molecule has 0 aliphatic heterocycles. The molecule has 2 heteroatoms. The SMILES string of the molecule is CCCCN(c1ccc(CNC2CC2)cc1)C1CC1. The summed E-state index contributed by atoms with van der Waals surface area (Å²) in [5, 5.41) is 3.58. The van der Waals surface area contributed by atoms with Gasteiger partial charge in [0, 0.05) is 30.9 Å². The first-order valence-corrected chi connectivity index (χ1v) is 7.96. The molecule has 19 heavy (non-hydrogen) atoms. The molecule has 0 aromatic heterocycles. The molecule has 1 aromatic carbocycles. The van der Waals surface area contributed by atoms with Gasteiger partial charge in [-0.25, -0.2) is 0 Å².